The van der Waals surface area contributed by atoms with Crippen molar-refractivity contribution in [2.45, 2.75) is 59.0 Å². The molecule has 1 rings (SSSR count). The number of likely N-dealkylation sites (tertiary alicyclic amines) is 1. The topological polar surface area (TPSA) is 35.6 Å². The molecule has 106 valence electrons. The Hall–Kier alpha value is -0.770. The lowest BCUT2D eigenvalue weighted by molar-refractivity contribution is 0.165. The molecule has 0 aromatic carbocycles. The Bertz CT molecular complexity index is 239. The number of hydrogen-bond donors (Lipinski definition) is 1. The van der Waals surface area contributed by atoms with Gasteiger partial charge in [-0.15, -0.1) is 0 Å². The van der Waals surface area contributed by atoms with Crippen molar-refractivity contribution in [2.24, 2.45) is 0 Å². The van der Waals surface area contributed by atoms with E-state index in [1.807, 2.05) is 4.90 Å². The molecule has 4 heteroatoms. The van der Waals surface area contributed by atoms with Crippen LogP contribution in [0.2, 0.25) is 0 Å². The summed E-state index contributed by atoms with van der Waals surface area (Å²) in [6, 6.07) is 1.16. The number of rotatable bonds is 5. The molecule has 0 aliphatic carbocycles. The summed E-state index contributed by atoms with van der Waals surface area (Å²) in [5.41, 5.74) is 0. The van der Waals surface area contributed by atoms with Gasteiger partial charge in [0.15, 0.2) is 0 Å². The lowest BCUT2D eigenvalue weighted by atomic mass is 10.1. The molecule has 1 fully saturated rings. The Kier molecular flexibility index (Phi) is 6.47. The number of nitrogens with one attached hydrogen (secondary N) is 1. The average molecular weight is 255 g/mol. The zero-order valence-corrected chi connectivity index (χ0v) is 12.4. The summed E-state index contributed by atoms with van der Waals surface area (Å²) < 4.78 is 0. The van der Waals surface area contributed by atoms with Gasteiger partial charge in [0.2, 0.25) is 0 Å². The highest BCUT2D eigenvalue weighted by molar-refractivity contribution is 5.74. The molecule has 4 nitrogen and oxygen atoms in total. The highest BCUT2D eigenvalue weighted by atomic mass is 16.2. The van der Waals surface area contributed by atoms with Crippen LogP contribution in [0.15, 0.2) is 0 Å². The fourth-order valence-corrected chi connectivity index (χ4v) is 2.61. The third kappa shape index (κ3) is 4.84. The van der Waals surface area contributed by atoms with Crippen LogP contribution in [-0.4, -0.2) is 54.1 Å². The molecule has 0 saturated carbocycles. The molecule has 0 spiro atoms. The number of carbonyl (C=O) groups is 1. The fraction of sp³-hybridized carbons (Fsp3) is 0.929. The van der Waals surface area contributed by atoms with Crippen LogP contribution < -0.4 is 5.32 Å². The zero-order chi connectivity index (χ0) is 13.5. The zero-order valence-electron chi connectivity index (χ0n) is 12.4. The van der Waals surface area contributed by atoms with Gasteiger partial charge in [-0.1, -0.05) is 0 Å². The molecule has 1 aliphatic rings. The van der Waals surface area contributed by atoms with E-state index in [0.29, 0.717) is 12.1 Å². The lowest BCUT2D eigenvalue weighted by Crippen LogP contribution is -2.47. The molecule has 0 aromatic rings. The third-order valence-corrected chi connectivity index (χ3v) is 3.62. The summed E-state index contributed by atoms with van der Waals surface area (Å²) in [6.07, 6.45) is 3.56. The number of urea groups is 1. The van der Waals surface area contributed by atoms with Crippen LogP contribution in [0.1, 0.15) is 47.0 Å². The number of hydrogen-bond acceptors (Lipinski definition) is 2. The van der Waals surface area contributed by atoms with Crippen LogP contribution in [-0.2, 0) is 0 Å². The normalized spacial score (nSPS) is 16.7. The Morgan fingerprint density at radius 1 is 1.11 bits per heavy atom. The summed E-state index contributed by atoms with van der Waals surface area (Å²) in [4.78, 5) is 16.3. The van der Waals surface area contributed by atoms with E-state index in [2.05, 4.69) is 37.9 Å². The Morgan fingerprint density at radius 3 is 2.17 bits per heavy atom. The van der Waals surface area contributed by atoms with Gasteiger partial charge in [0.25, 0.3) is 0 Å². The smallest absolute Gasteiger partial charge is 0.317 e. The molecule has 1 saturated heterocycles. The van der Waals surface area contributed by atoms with Crippen molar-refractivity contribution in [3.05, 3.63) is 0 Å². The third-order valence-electron chi connectivity index (χ3n) is 3.62. The number of piperidine rings is 1. The maximum Gasteiger partial charge on any atom is 0.317 e. The van der Waals surface area contributed by atoms with Crippen molar-refractivity contribution < 1.29 is 4.79 Å². The molecular formula is C14H29N3O. The summed E-state index contributed by atoms with van der Waals surface area (Å²) in [7, 11) is 0. The van der Waals surface area contributed by atoms with Gasteiger partial charge in [0.05, 0.1) is 0 Å². The van der Waals surface area contributed by atoms with E-state index in [9.17, 15) is 4.79 Å². The first-order valence-electron chi connectivity index (χ1n) is 7.31. The maximum atomic E-state index is 11.9. The maximum absolute atomic E-state index is 11.9. The summed E-state index contributed by atoms with van der Waals surface area (Å²) in [5, 5.41) is 3.04. The first-order chi connectivity index (χ1) is 8.52. The molecule has 2 amide bonds. The van der Waals surface area contributed by atoms with Gasteiger partial charge < -0.3 is 10.2 Å². The largest absolute Gasteiger partial charge is 0.337 e. The van der Waals surface area contributed by atoms with Gasteiger partial charge in [0.1, 0.15) is 0 Å². The van der Waals surface area contributed by atoms with Gasteiger partial charge in [0, 0.05) is 38.3 Å². The monoisotopic (exact) mass is 255 g/mol. The molecule has 0 bridgehead atoms. The SMILES string of the molecule is CC(C)N(CCNC(=O)N1CCCCC1)C(C)C. The molecule has 0 aromatic heterocycles. The molecule has 1 heterocycles. The summed E-state index contributed by atoms with van der Waals surface area (Å²) >= 11 is 0. The highest BCUT2D eigenvalue weighted by Gasteiger charge is 2.17. The van der Waals surface area contributed by atoms with Gasteiger partial charge >= 0.3 is 6.03 Å². The van der Waals surface area contributed by atoms with Crippen molar-refractivity contribution in [3.8, 4) is 0 Å². The highest BCUT2D eigenvalue weighted by Crippen LogP contribution is 2.08. The van der Waals surface area contributed by atoms with Crippen molar-refractivity contribution in [2.75, 3.05) is 26.2 Å². The molecular weight excluding hydrogens is 226 g/mol. The van der Waals surface area contributed by atoms with E-state index in [4.69, 9.17) is 0 Å². The van der Waals surface area contributed by atoms with Crippen LogP contribution in [0.3, 0.4) is 0 Å². The Labute approximate surface area is 112 Å². The molecule has 0 unspecified atom stereocenters. The van der Waals surface area contributed by atoms with Crippen LogP contribution in [0.5, 0.6) is 0 Å². The lowest BCUT2D eigenvalue weighted by Gasteiger charge is -2.31. The van der Waals surface area contributed by atoms with E-state index in [1.54, 1.807) is 0 Å². The minimum absolute atomic E-state index is 0.113. The summed E-state index contributed by atoms with van der Waals surface area (Å²) in [6.45, 7) is 12.3. The minimum atomic E-state index is 0.113. The van der Waals surface area contributed by atoms with E-state index in [1.165, 1.54) is 6.42 Å². The van der Waals surface area contributed by atoms with Gasteiger partial charge in [-0.3, -0.25) is 4.90 Å². The van der Waals surface area contributed by atoms with Crippen LogP contribution in [0.25, 0.3) is 0 Å². The van der Waals surface area contributed by atoms with Crippen molar-refractivity contribution in [1.82, 2.24) is 15.1 Å². The van der Waals surface area contributed by atoms with E-state index >= 15 is 0 Å². The van der Waals surface area contributed by atoms with Crippen LogP contribution in [0.4, 0.5) is 4.79 Å². The van der Waals surface area contributed by atoms with Crippen LogP contribution in [0, 0.1) is 0 Å². The number of carbonyl (C=O) groups excluding carboxylic acids is 1. The minimum Gasteiger partial charge on any atom is -0.337 e. The van der Waals surface area contributed by atoms with Gasteiger partial charge in [-0.25, -0.2) is 4.79 Å². The van der Waals surface area contributed by atoms with Crippen molar-refractivity contribution in [3.63, 3.8) is 0 Å². The number of amides is 2. The van der Waals surface area contributed by atoms with E-state index < -0.39 is 0 Å². The predicted octanol–water partition coefficient (Wildman–Crippen LogP) is 2.30. The molecule has 18 heavy (non-hydrogen) atoms. The second-order valence-electron chi connectivity index (χ2n) is 5.70. The van der Waals surface area contributed by atoms with Gasteiger partial charge in [-0.2, -0.15) is 0 Å². The Balaban J connectivity index is 2.25. The predicted molar refractivity (Wildman–Crippen MR) is 75.8 cm³/mol. The fourth-order valence-electron chi connectivity index (χ4n) is 2.61. The Morgan fingerprint density at radius 2 is 1.67 bits per heavy atom. The summed E-state index contributed by atoms with van der Waals surface area (Å²) in [5.74, 6) is 0. The second kappa shape index (κ2) is 7.62. The standard InChI is InChI=1S/C14H29N3O/c1-12(2)17(13(3)4)11-8-15-14(18)16-9-6-5-7-10-16/h12-13H,5-11H2,1-4H3,(H,15,18). The van der Waals surface area contributed by atoms with Crippen molar-refractivity contribution in [1.29, 1.82) is 0 Å². The molecule has 1 aliphatic heterocycles. The molecule has 0 radical (unpaired) electrons. The second-order valence-corrected chi connectivity index (χ2v) is 5.70. The quantitative estimate of drug-likeness (QED) is 0.818. The first kappa shape index (κ1) is 15.3. The van der Waals surface area contributed by atoms with Crippen LogP contribution >= 0.6 is 0 Å². The van der Waals surface area contributed by atoms with E-state index in [0.717, 1.165) is 39.0 Å². The van der Waals surface area contributed by atoms with E-state index in [-0.39, 0.29) is 6.03 Å². The first-order valence-corrected chi connectivity index (χ1v) is 7.31. The average Bonchev–Trinajstić information content (AvgIpc) is 2.34. The molecule has 1 N–H and O–H groups in total. The van der Waals surface area contributed by atoms with Crippen molar-refractivity contribution >= 4 is 6.03 Å². The van der Waals surface area contributed by atoms with Gasteiger partial charge in [-0.05, 0) is 47.0 Å². The number of nitrogens with zero attached hydrogens (tertiary/aromatic N) is 2. The molecule has 0 atom stereocenters.